The molecule has 0 amide bonds. The Labute approximate surface area is 103 Å². The second-order valence-corrected chi connectivity index (χ2v) is 7.47. The molecule has 0 aromatic carbocycles. The lowest BCUT2D eigenvalue weighted by molar-refractivity contribution is -0.139. The minimum absolute atomic E-state index is 0.0675. The van der Waals surface area contributed by atoms with E-state index in [9.17, 15) is 13.2 Å². The maximum absolute atomic E-state index is 11.9. The summed E-state index contributed by atoms with van der Waals surface area (Å²) in [6.07, 6.45) is 2.62. The summed E-state index contributed by atoms with van der Waals surface area (Å²) in [6.45, 7) is 5.57. The van der Waals surface area contributed by atoms with E-state index >= 15 is 0 Å². The summed E-state index contributed by atoms with van der Waals surface area (Å²) in [4.78, 5) is 11.2. The number of rotatable bonds is 4. The topological polar surface area (TPSA) is 72.5 Å². The molecule has 2 atom stereocenters. The summed E-state index contributed by atoms with van der Waals surface area (Å²) in [5.41, 5.74) is 0.168. The molecular formula is C11H21NO4S. The summed E-state index contributed by atoms with van der Waals surface area (Å²) in [6, 6.07) is -0.0675. The molecule has 2 unspecified atom stereocenters. The average molecular weight is 263 g/mol. The first-order chi connectivity index (χ1) is 7.68. The molecule has 0 saturated heterocycles. The van der Waals surface area contributed by atoms with Crippen LogP contribution in [0.15, 0.2) is 0 Å². The summed E-state index contributed by atoms with van der Waals surface area (Å²) in [5, 5.41) is -1.16. The molecule has 0 bridgehead atoms. The number of hydrogen-bond donors (Lipinski definition) is 1. The standard InChI is InChI=1S/C11H21NO4S/c1-8(10(13)16-4)17(14,15)12-9-5-6-11(2,3)7-9/h8-9,12H,5-7H2,1-4H3. The van der Waals surface area contributed by atoms with Crippen molar-refractivity contribution >= 4 is 16.0 Å². The van der Waals surface area contributed by atoms with Crippen LogP contribution in [0.4, 0.5) is 0 Å². The number of ether oxygens (including phenoxy) is 1. The van der Waals surface area contributed by atoms with Crippen molar-refractivity contribution in [2.45, 2.75) is 51.3 Å². The largest absolute Gasteiger partial charge is 0.468 e. The smallest absolute Gasteiger partial charge is 0.325 e. The maximum Gasteiger partial charge on any atom is 0.325 e. The zero-order valence-electron chi connectivity index (χ0n) is 10.8. The van der Waals surface area contributed by atoms with E-state index in [4.69, 9.17) is 0 Å². The van der Waals surface area contributed by atoms with Gasteiger partial charge in [0.05, 0.1) is 7.11 Å². The molecule has 1 rings (SSSR count). The quantitative estimate of drug-likeness (QED) is 0.769. The van der Waals surface area contributed by atoms with E-state index in [2.05, 4.69) is 23.3 Å². The van der Waals surface area contributed by atoms with Crippen LogP contribution in [0.3, 0.4) is 0 Å². The lowest BCUT2D eigenvalue weighted by Gasteiger charge is -2.19. The van der Waals surface area contributed by atoms with Gasteiger partial charge in [0.15, 0.2) is 5.25 Å². The Morgan fingerprint density at radius 1 is 1.47 bits per heavy atom. The maximum atomic E-state index is 11.9. The first-order valence-electron chi connectivity index (χ1n) is 5.77. The Morgan fingerprint density at radius 3 is 2.47 bits per heavy atom. The number of methoxy groups -OCH3 is 1. The number of sulfonamides is 1. The van der Waals surface area contributed by atoms with Gasteiger partial charge >= 0.3 is 5.97 Å². The van der Waals surface area contributed by atoms with Gasteiger partial charge < -0.3 is 4.74 Å². The molecule has 17 heavy (non-hydrogen) atoms. The van der Waals surface area contributed by atoms with E-state index in [0.29, 0.717) is 0 Å². The van der Waals surface area contributed by atoms with Crippen molar-refractivity contribution in [3.63, 3.8) is 0 Å². The molecule has 5 nitrogen and oxygen atoms in total. The van der Waals surface area contributed by atoms with Gasteiger partial charge in [-0.25, -0.2) is 13.1 Å². The number of nitrogens with one attached hydrogen (secondary N) is 1. The number of carbonyl (C=O) groups excluding carboxylic acids is 1. The third kappa shape index (κ3) is 3.67. The van der Waals surface area contributed by atoms with Crippen LogP contribution in [0.5, 0.6) is 0 Å². The minimum atomic E-state index is -3.63. The van der Waals surface area contributed by atoms with E-state index in [1.165, 1.54) is 14.0 Å². The van der Waals surface area contributed by atoms with Crippen molar-refractivity contribution in [1.82, 2.24) is 4.72 Å². The molecule has 100 valence electrons. The van der Waals surface area contributed by atoms with E-state index in [1.54, 1.807) is 0 Å². The van der Waals surface area contributed by atoms with Gasteiger partial charge in [0.2, 0.25) is 10.0 Å². The third-order valence-corrected chi connectivity index (χ3v) is 5.08. The lowest BCUT2D eigenvalue weighted by Crippen LogP contribution is -2.42. The number of carbonyl (C=O) groups is 1. The fraction of sp³-hybridized carbons (Fsp3) is 0.909. The lowest BCUT2D eigenvalue weighted by atomic mass is 9.92. The summed E-state index contributed by atoms with van der Waals surface area (Å²) < 4.78 is 30.8. The summed E-state index contributed by atoms with van der Waals surface area (Å²) in [7, 11) is -2.44. The fourth-order valence-corrected chi connectivity index (χ4v) is 3.38. The zero-order valence-corrected chi connectivity index (χ0v) is 11.6. The van der Waals surface area contributed by atoms with Crippen molar-refractivity contribution in [2.75, 3.05) is 7.11 Å². The van der Waals surface area contributed by atoms with Crippen LogP contribution in [-0.2, 0) is 19.6 Å². The second kappa shape index (κ2) is 4.94. The van der Waals surface area contributed by atoms with Gasteiger partial charge in [-0.1, -0.05) is 13.8 Å². The van der Waals surface area contributed by atoms with Gasteiger partial charge in [-0.15, -0.1) is 0 Å². The fourth-order valence-electron chi connectivity index (χ4n) is 2.16. The van der Waals surface area contributed by atoms with Gasteiger partial charge in [0, 0.05) is 6.04 Å². The van der Waals surface area contributed by atoms with Crippen LogP contribution in [0.2, 0.25) is 0 Å². The molecule has 0 heterocycles. The van der Waals surface area contributed by atoms with E-state index in [1.807, 2.05) is 0 Å². The Hall–Kier alpha value is -0.620. The van der Waals surface area contributed by atoms with E-state index in [0.717, 1.165) is 19.3 Å². The molecule has 0 radical (unpaired) electrons. The van der Waals surface area contributed by atoms with Crippen molar-refractivity contribution < 1.29 is 17.9 Å². The Morgan fingerprint density at radius 2 is 2.06 bits per heavy atom. The van der Waals surface area contributed by atoms with Crippen molar-refractivity contribution in [2.24, 2.45) is 5.41 Å². The van der Waals surface area contributed by atoms with Crippen molar-refractivity contribution in [3.05, 3.63) is 0 Å². The normalized spacial score (nSPS) is 25.5. The second-order valence-electron chi connectivity index (χ2n) is 5.43. The summed E-state index contributed by atoms with van der Waals surface area (Å²) >= 11 is 0. The average Bonchev–Trinajstić information content (AvgIpc) is 2.54. The molecule has 0 aliphatic heterocycles. The first kappa shape index (κ1) is 14.4. The number of hydrogen-bond acceptors (Lipinski definition) is 4. The number of esters is 1. The van der Waals surface area contributed by atoms with Crippen molar-refractivity contribution in [1.29, 1.82) is 0 Å². The monoisotopic (exact) mass is 263 g/mol. The molecule has 0 aromatic heterocycles. The highest BCUT2D eigenvalue weighted by Gasteiger charge is 2.36. The summed E-state index contributed by atoms with van der Waals surface area (Å²) in [5.74, 6) is -0.727. The predicted octanol–water partition coefficient (Wildman–Crippen LogP) is 1.05. The molecule has 0 aromatic rings. The van der Waals surface area contributed by atoms with Crippen molar-refractivity contribution in [3.8, 4) is 0 Å². The van der Waals surface area contributed by atoms with Crippen LogP contribution in [0.1, 0.15) is 40.0 Å². The van der Waals surface area contributed by atoms with Crippen LogP contribution >= 0.6 is 0 Å². The Bertz CT molecular complexity index is 388. The highest BCUT2D eigenvalue weighted by molar-refractivity contribution is 7.90. The molecule has 1 saturated carbocycles. The van der Waals surface area contributed by atoms with Gasteiger partial charge in [-0.05, 0) is 31.6 Å². The third-order valence-electron chi connectivity index (χ3n) is 3.30. The van der Waals surface area contributed by atoms with Crippen LogP contribution < -0.4 is 4.72 Å². The van der Waals surface area contributed by atoms with Crippen LogP contribution in [0, 0.1) is 5.41 Å². The molecular weight excluding hydrogens is 242 g/mol. The highest BCUT2D eigenvalue weighted by Crippen LogP contribution is 2.37. The zero-order chi connectivity index (χ0) is 13.3. The molecule has 1 fully saturated rings. The highest BCUT2D eigenvalue weighted by atomic mass is 32.2. The SMILES string of the molecule is COC(=O)C(C)S(=O)(=O)NC1CCC(C)(C)C1. The van der Waals surface area contributed by atoms with Gasteiger partial charge in [0.25, 0.3) is 0 Å². The molecule has 1 aliphatic rings. The van der Waals surface area contributed by atoms with Gasteiger partial charge in [-0.3, -0.25) is 4.79 Å². The van der Waals surface area contributed by atoms with Gasteiger partial charge in [-0.2, -0.15) is 0 Å². The first-order valence-corrected chi connectivity index (χ1v) is 7.31. The molecule has 0 spiro atoms. The Kier molecular flexibility index (Phi) is 4.19. The van der Waals surface area contributed by atoms with Crippen LogP contribution in [-0.4, -0.2) is 32.8 Å². The molecule has 6 heteroatoms. The Balaban J connectivity index is 2.65. The molecule has 1 aliphatic carbocycles. The van der Waals surface area contributed by atoms with Gasteiger partial charge in [0.1, 0.15) is 0 Å². The molecule has 1 N–H and O–H groups in total. The predicted molar refractivity (Wildman–Crippen MR) is 65.0 cm³/mol. The van der Waals surface area contributed by atoms with E-state index < -0.39 is 21.2 Å². The van der Waals surface area contributed by atoms with Crippen LogP contribution in [0.25, 0.3) is 0 Å². The van der Waals surface area contributed by atoms with E-state index in [-0.39, 0.29) is 11.5 Å². The minimum Gasteiger partial charge on any atom is -0.468 e.